The van der Waals surface area contributed by atoms with Crippen LogP contribution in [0.15, 0.2) is 60.9 Å². The van der Waals surface area contributed by atoms with Gasteiger partial charge in [-0.1, -0.05) is 35.9 Å². The minimum Gasteiger partial charge on any atom is -0.459 e. The Morgan fingerprint density at radius 1 is 1.16 bits per heavy atom. The fraction of sp³-hybridized carbons (Fsp3) is 0.167. The monoisotopic (exact) mass is 356 g/mol. The summed E-state index contributed by atoms with van der Waals surface area (Å²) in [4.78, 5) is 16.5. The lowest BCUT2D eigenvalue weighted by Gasteiger charge is -2.23. The van der Waals surface area contributed by atoms with Crippen LogP contribution in [0.1, 0.15) is 13.8 Å². The van der Waals surface area contributed by atoms with E-state index in [-0.39, 0.29) is 11.8 Å². The topological polar surface area (TPSA) is 69.0 Å². The molecule has 0 aliphatic heterocycles. The second kappa shape index (κ2) is 6.94. The first-order valence-corrected chi connectivity index (χ1v) is 8.05. The number of hydrogen-bond donors (Lipinski definition) is 1. The average Bonchev–Trinajstić information content (AvgIpc) is 2.97. The van der Waals surface area contributed by atoms with Crippen LogP contribution in [0.25, 0.3) is 5.69 Å². The third kappa shape index (κ3) is 3.97. The van der Waals surface area contributed by atoms with Crippen molar-refractivity contribution < 1.29 is 9.53 Å². The van der Waals surface area contributed by atoms with Gasteiger partial charge in [-0.3, -0.25) is 4.79 Å². The molecule has 7 heteroatoms. The Kier molecular flexibility index (Phi) is 4.72. The first-order valence-electron chi connectivity index (χ1n) is 7.68. The van der Waals surface area contributed by atoms with Gasteiger partial charge in [0, 0.05) is 6.20 Å². The van der Waals surface area contributed by atoms with Crippen LogP contribution in [0.4, 0.5) is 5.82 Å². The highest BCUT2D eigenvalue weighted by molar-refractivity contribution is 6.31. The van der Waals surface area contributed by atoms with Gasteiger partial charge in [-0.2, -0.15) is 0 Å². The highest BCUT2D eigenvalue weighted by Crippen LogP contribution is 2.28. The Morgan fingerprint density at radius 2 is 1.88 bits per heavy atom. The van der Waals surface area contributed by atoms with Gasteiger partial charge in [0.1, 0.15) is 10.8 Å². The van der Waals surface area contributed by atoms with E-state index in [4.69, 9.17) is 16.3 Å². The van der Waals surface area contributed by atoms with Crippen molar-refractivity contribution in [2.75, 3.05) is 5.32 Å². The Hall–Kier alpha value is -2.86. The van der Waals surface area contributed by atoms with Crippen molar-refractivity contribution in [2.45, 2.75) is 19.4 Å². The summed E-state index contributed by atoms with van der Waals surface area (Å²) >= 11 is 6.21. The number of ether oxygens (including phenoxy) is 1. The number of rotatable bonds is 5. The van der Waals surface area contributed by atoms with E-state index < -0.39 is 5.60 Å². The number of amides is 1. The molecule has 1 aromatic carbocycles. The molecule has 128 valence electrons. The van der Waals surface area contributed by atoms with Gasteiger partial charge in [0.25, 0.3) is 11.8 Å². The molecule has 2 aromatic heterocycles. The van der Waals surface area contributed by atoms with Crippen molar-refractivity contribution in [2.24, 2.45) is 0 Å². The zero-order chi connectivity index (χ0) is 17.9. The van der Waals surface area contributed by atoms with Gasteiger partial charge < -0.3 is 10.1 Å². The Balaban J connectivity index is 1.76. The molecular weight excluding hydrogens is 340 g/mol. The number of aromatic nitrogens is 3. The molecule has 3 rings (SSSR count). The molecule has 0 unspecified atom stereocenters. The molecule has 6 nitrogen and oxygen atoms in total. The summed E-state index contributed by atoms with van der Waals surface area (Å²) in [5.41, 5.74) is -0.341. The molecule has 1 N–H and O–H groups in total. The van der Waals surface area contributed by atoms with E-state index in [2.05, 4.69) is 15.4 Å². The molecule has 0 atom stereocenters. The lowest BCUT2D eigenvalue weighted by atomic mass is 10.1. The van der Waals surface area contributed by atoms with Gasteiger partial charge in [0.2, 0.25) is 0 Å². The van der Waals surface area contributed by atoms with Crippen LogP contribution in [0.2, 0.25) is 5.02 Å². The molecule has 0 spiro atoms. The number of benzene rings is 1. The fourth-order valence-electron chi connectivity index (χ4n) is 2.11. The molecule has 0 saturated heterocycles. The van der Waals surface area contributed by atoms with Crippen LogP contribution >= 0.6 is 11.6 Å². The molecule has 1 amide bonds. The molecule has 0 bridgehead atoms. The maximum Gasteiger partial charge on any atom is 0.269 e. The number of carbonyl (C=O) groups excluding carboxylic acids is 1. The van der Waals surface area contributed by atoms with Gasteiger partial charge in [0.15, 0.2) is 5.60 Å². The summed E-state index contributed by atoms with van der Waals surface area (Å²) in [6, 6.07) is 14.8. The molecule has 0 aliphatic carbocycles. The summed E-state index contributed by atoms with van der Waals surface area (Å²) in [6.07, 6.45) is 3.24. The van der Waals surface area contributed by atoms with Crippen molar-refractivity contribution in [3.8, 4) is 11.6 Å². The van der Waals surface area contributed by atoms with Crippen LogP contribution in [-0.2, 0) is 4.79 Å². The summed E-state index contributed by atoms with van der Waals surface area (Å²) in [5, 5.41) is 7.35. The first-order chi connectivity index (χ1) is 12.0. The SMILES string of the molecule is CC(C)(Oc1nn(-c2ccccc2)cc1Cl)C(=O)Nc1ccccn1. The number of hydrogen-bond acceptors (Lipinski definition) is 4. The molecule has 0 saturated carbocycles. The summed E-state index contributed by atoms with van der Waals surface area (Å²) in [7, 11) is 0. The second-order valence-electron chi connectivity index (χ2n) is 5.84. The number of nitrogens with zero attached hydrogens (tertiary/aromatic N) is 3. The van der Waals surface area contributed by atoms with Crippen molar-refractivity contribution in [1.29, 1.82) is 0 Å². The number of anilines is 1. The molecule has 25 heavy (non-hydrogen) atoms. The normalized spacial score (nSPS) is 11.2. The highest BCUT2D eigenvalue weighted by atomic mass is 35.5. The summed E-state index contributed by atoms with van der Waals surface area (Å²) in [6.45, 7) is 3.28. The Bertz CT molecular complexity index is 863. The quantitative estimate of drug-likeness (QED) is 0.756. The number of nitrogens with one attached hydrogen (secondary N) is 1. The van der Waals surface area contributed by atoms with Crippen LogP contribution < -0.4 is 10.1 Å². The minimum atomic E-state index is -1.18. The largest absolute Gasteiger partial charge is 0.459 e. The minimum absolute atomic E-state index is 0.187. The van der Waals surface area contributed by atoms with Crippen LogP contribution in [-0.4, -0.2) is 26.3 Å². The molecule has 0 aliphatic rings. The molecule has 0 radical (unpaired) electrons. The average molecular weight is 357 g/mol. The van der Waals surface area contributed by atoms with E-state index in [0.717, 1.165) is 5.69 Å². The lowest BCUT2D eigenvalue weighted by molar-refractivity contribution is -0.128. The standard InChI is InChI=1S/C18H17ClN4O2/c1-18(2,17(24)21-15-10-6-7-11-20-15)25-16-14(19)12-23(22-16)13-8-4-3-5-9-13/h3-12H,1-2H3,(H,20,21,24). The van der Waals surface area contributed by atoms with Crippen molar-refractivity contribution in [3.63, 3.8) is 0 Å². The van der Waals surface area contributed by atoms with Gasteiger partial charge in [-0.05, 0) is 38.1 Å². The van der Waals surface area contributed by atoms with Gasteiger partial charge in [0.05, 0.1) is 11.9 Å². The van der Waals surface area contributed by atoms with E-state index in [1.165, 1.54) is 0 Å². The van der Waals surface area contributed by atoms with E-state index in [1.54, 1.807) is 49.1 Å². The van der Waals surface area contributed by atoms with E-state index in [0.29, 0.717) is 10.8 Å². The van der Waals surface area contributed by atoms with Crippen molar-refractivity contribution in [3.05, 3.63) is 65.9 Å². The number of para-hydroxylation sites is 1. The number of pyridine rings is 1. The zero-order valence-electron chi connectivity index (χ0n) is 13.8. The smallest absolute Gasteiger partial charge is 0.269 e. The molecule has 2 heterocycles. The molecule has 0 fully saturated rings. The number of carbonyl (C=O) groups is 1. The van der Waals surface area contributed by atoms with Crippen LogP contribution in [0.5, 0.6) is 5.88 Å². The Morgan fingerprint density at radius 3 is 2.56 bits per heavy atom. The van der Waals surface area contributed by atoms with Crippen LogP contribution in [0, 0.1) is 0 Å². The summed E-state index contributed by atoms with van der Waals surface area (Å²) < 4.78 is 7.37. The van der Waals surface area contributed by atoms with Crippen LogP contribution in [0.3, 0.4) is 0 Å². The van der Waals surface area contributed by atoms with Gasteiger partial charge in [-0.15, -0.1) is 5.10 Å². The number of halogens is 1. The first kappa shape index (κ1) is 17.0. The molecule has 3 aromatic rings. The predicted molar refractivity (Wildman–Crippen MR) is 96.1 cm³/mol. The Labute approximate surface area is 150 Å². The van der Waals surface area contributed by atoms with E-state index in [1.807, 2.05) is 30.3 Å². The zero-order valence-corrected chi connectivity index (χ0v) is 14.6. The second-order valence-corrected chi connectivity index (χ2v) is 6.25. The van der Waals surface area contributed by atoms with E-state index >= 15 is 0 Å². The fourth-order valence-corrected chi connectivity index (χ4v) is 2.28. The highest BCUT2D eigenvalue weighted by Gasteiger charge is 2.32. The van der Waals surface area contributed by atoms with Crippen molar-refractivity contribution >= 4 is 23.3 Å². The van der Waals surface area contributed by atoms with Crippen molar-refractivity contribution in [1.82, 2.24) is 14.8 Å². The van der Waals surface area contributed by atoms with E-state index in [9.17, 15) is 4.79 Å². The maximum absolute atomic E-state index is 12.5. The summed E-state index contributed by atoms with van der Waals surface area (Å²) in [5.74, 6) is 0.285. The predicted octanol–water partition coefficient (Wildman–Crippen LogP) is 3.72. The maximum atomic E-state index is 12.5. The third-order valence-corrected chi connectivity index (χ3v) is 3.72. The molecular formula is C18H17ClN4O2. The van der Waals surface area contributed by atoms with Gasteiger partial charge in [-0.25, -0.2) is 9.67 Å². The lowest BCUT2D eigenvalue weighted by Crippen LogP contribution is -2.42. The van der Waals surface area contributed by atoms with Gasteiger partial charge >= 0.3 is 0 Å². The third-order valence-electron chi connectivity index (χ3n) is 3.46.